The van der Waals surface area contributed by atoms with Crippen molar-refractivity contribution in [2.75, 3.05) is 24.7 Å². The molecule has 17 heavy (non-hydrogen) atoms. The van der Waals surface area contributed by atoms with Gasteiger partial charge in [-0.2, -0.15) is 0 Å². The lowest BCUT2D eigenvalue weighted by Gasteiger charge is -2.15. The molecule has 0 aromatic heterocycles. The molecule has 1 N–H and O–H groups in total. The first kappa shape index (κ1) is 14.9. The van der Waals surface area contributed by atoms with Crippen LogP contribution in [-0.4, -0.2) is 45.2 Å². The number of ether oxygens (including phenoxy) is 1. The fraction of sp³-hybridized carbons (Fsp3) is 1.00. The molecule has 1 aliphatic rings. The monoisotopic (exact) mass is 263 g/mol. The zero-order valence-electron chi connectivity index (χ0n) is 10.9. The molecule has 0 aromatic carbocycles. The third-order valence-corrected chi connectivity index (χ3v) is 5.08. The van der Waals surface area contributed by atoms with Crippen LogP contribution in [0.1, 0.15) is 39.5 Å². The molecule has 0 bridgehead atoms. The minimum atomic E-state index is -2.87. The molecule has 0 aromatic rings. The molecule has 1 fully saturated rings. The van der Waals surface area contributed by atoms with Crippen molar-refractivity contribution in [3.63, 3.8) is 0 Å². The van der Waals surface area contributed by atoms with E-state index < -0.39 is 9.84 Å². The van der Waals surface area contributed by atoms with Crippen LogP contribution < -0.4 is 5.32 Å². The molecule has 0 saturated heterocycles. The second kappa shape index (κ2) is 7.34. The first-order valence-electron chi connectivity index (χ1n) is 6.59. The summed E-state index contributed by atoms with van der Waals surface area (Å²) >= 11 is 0. The van der Waals surface area contributed by atoms with Gasteiger partial charge in [-0.15, -0.1) is 0 Å². The number of sulfone groups is 1. The highest BCUT2D eigenvalue weighted by Crippen LogP contribution is 2.20. The van der Waals surface area contributed by atoms with Crippen LogP contribution in [0.5, 0.6) is 0 Å². The van der Waals surface area contributed by atoms with E-state index in [1.165, 1.54) is 25.7 Å². The molecular formula is C12H25NO3S. The minimum absolute atomic E-state index is 0.00660. The lowest BCUT2D eigenvalue weighted by atomic mass is 10.3. The van der Waals surface area contributed by atoms with Crippen molar-refractivity contribution < 1.29 is 13.2 Å². The quantitative estimate of drug-likeness (QED) is 0.672. The summed E-state index contributed by atoms with van der Waals surface area (Å²) < 4.78 is 28.5. The van der Waals surface area contributed by atoms with E-state index in [1.807, 2.05) is 6.92 Å². The van der Waals surface area contributed by atoms with Gasteiger partial charge in [-0.05, 0) is 19.8 Å². The second-order valence-electron chi connectivity index (χ2n) is 4.83. The number of hydrogen-bond acceptors (Lipinski definition) is 4. The predicted octanol–water partition coefficient (Wildman–Crippen LogP) is 1.36. The van der Waals surface area contributed by atoms with Crippen LogP contribution in [-0.2, 0) is 14.6 Å². The minimum Gasteiger partial charge on any atom is -0.377 e. The number of rotatable bonds is 8. The van der Waals surface area contributed by atoms with Crippen LogP contribution in [0.25, 0.3) is 0 Å². The maximum atomic E-state index is 11.4. The van der Waals surface area contributed by atoms with Crippen molar-refractivity contribution in [1.29, 1.82) is 0 Å². The van der Waals surface area contributed by atoms with Crippen molar-refractivity contribution >= 4 is 9.84 Å². The molecular weight excluding hydrogens is 238 g/mol. The summed E-state index contributed by atoms with van der Waals surface area (Å²) in [6.07, 6.45) is 5.36. The maximum absolute atomic E-state index is 11.4. The molecule has 0 spiro atoms. The van der Waals surface area contributed by atoms with Gasteiger partial charge in [0.25, 0.3) is 0 Å². The first-order valence-corrected chi connectivity index (χ1v) is 8.41. The van der Waals surface area contributed by atoms with Gasteiger partial charge in [0.2, 0.25) is 0 Å². The lowest BCUT2D eigenvalue weighted by Crippen LogP contribution is -2.36. The summed E-state index contributed by atoms with van der Waals surface area (Å²) in [5.74, 6) is 0.435. The van der Waals surface area contributed by atoms with Gasteiger partial charge < -0.3 is 10.1 Å². The van der Waals surface area contributed by atoms with E-state index >= 15 is 0 Å². The summed E-state index contributed by atoms with van der Waals surface area (Å²) in [6.45, 7) is 5.01. The Morgan fingerprint density at radius 1 is 1.35 bits per heavy atom. The zero-order chi connectivity index (χ0) is 12.7. The van der Waals surface area contributed by atoms with Gasteiger partial charge in [-0.1, -0.05) is 19.8 Å². The van der Waals surface area contributed by atoms with Crippen molar-refractivity contribution in [1.82, 2.24) is 5.32 Å². The molecule has 1 atom stereocenters. The first-order chi connectivity index (χ1) is 8.03. The maximum Gasteiger partial charge on any atom is 0.151 e. The largest absolute Gasteiger partial charge is 0.377 e. The van der Waals surface area contributed by atoms with E-state index in [-0.39, 0.29) is 17.5 Å². The highest BCUT2D eigenvalue weighted by Gasteiger charge is 2.15. The van der Waals surface area contributed by atoms with Crippen LogP contribution in [0.2, 0.25) is 0 Å². The van der Waals surface area contributed by atoms with E-state index in [9.17, 15) is 8.42 Å². The summed E-state index contributed by atoms with van der Waals surface area (Å²) in [6, 6.07) is 0.00660. The van der Waals surface area contributed by atoms with Crippen molar-refractivity contribution in [3.05, 3.63) is 0 Å². The van der Waals surface area contributed by atoms with Crippen molar-refractivity contribution in [3.8, 4) is 0 Å². The fourth-order valence-corrected chi connectivity index (χ4v) is 3.26. The van der Waals surface area contributed by atoms with Crippen LogP contribution in [0.3, 0.4) is 0 Å². The smallest absolute Gasteiger partial charge is 0.151 e. The van der Waals surface area contributed by atoms with Gasteiger partial charge in [0.1, 0.15) is 0 Å². The number of hydrogen-bond donors (Lipinski definition) is 1. The molecule has 1 unspecified atom stereocenters. The summed E-state index contributed by atoms with van der Waals surface area (Å²) in [4.78, 5) is 0. The fourth-order valence-electron chi connectivity index (χ4n) is 2.14. The van der Waals surface area contributed by atoms with E-state index in [0.29, 0.717) is 12.7 Å². The van der Waals surface area contributed by atoms with Crippen LogP contribution >= 0.6 is 0 Å². The van der Waals surface area contributed by atoms with Crippen LogP contribution in [0.4, 0.5) is 0 Å². The van der Waals surface area contributed by atoms with Gasteiger partial charge in [-0.25, -0.2) is 8.42 Å². The Kier molecular flexibility index (Phi) is 6.44. The predicted molar refractivity (Wildman–Crippen MR) is 70.0 cm³/mol. The standard InChI is InChI=1S/C12H25NO3S/c1-3-17(14,15)10-11(2)13-8-9-16-12-6-4-5-7-12/h11-13H,3-10H2,1-2H3. The third kappa shape index (κ3) is 6.38. The van der Waals surface area contributed by atoms with Crippen molar-refractivity contribution in [2.24, 2.45) is 0 Å². The Balaban J connectivity index is 2.05. The Morgan fingerprint density at radius 3 is 2.59 bits per heavy atom. The van der Waals surface area contributed by atoms with Gasteiger partial charge in [0, 0.05) is 18.3 Å². The molecule has 4 nitrogen and oxygen atoms in total. The Hall–Kier alpha value is -0.130. The Morgan fingerprint density at radius 2 is 2.00 bits per heavy atom. The normalized spacial score (nSPS) is 19.6. The van der Waals surface area contributed by atoms with Gasteiger partial charge in [0.15, 0.2) is 9.84 Å². The van der Waals surface area contributed by atoms with Gasteiger partial charge in [0.05, 0.1) is 18.5 Å². The summed E-state index contributed by atoms with van der Waals surface area (Å²) in [5, 5.41) is 3.19. The SMILES string of the molecule is CCS(=O)(=O)CC(C)NCCOC1CCCC1. The topological polar surface area (TPSA) is 55.4 Å². The van der Waals surface area contributed by atoms with E-state index in [2.05, 4.69) is 5.32 Å². The molecule has 0 amide bonds. The second-order valence-corrected chi connectivity index (χ2v) is 7.23. The van der Waals surface area contributed by atoms with E-state index in [4.69, 9.17) is 4.74 Å². The molecule has 102 valence electrons. The Labute approximate surface area is 105 Å². The Bertz CT molecular complexity index is 297. The van der Waals surface area contributed by atoms with Crippen molar-refractivity contribution in [2.45, 2.75) is 51.7 Å². The molecule has 0 radical (unpaired) electrons. The average Bonchev–Trinajstić information content (AvgIpc) is 2.77. The van der Waals surface area contributed by atoms with Crippen LogP contribution in [0.15, 0.2) is 0 Å². The highest BCUT2D eigenvalue weighted by atomic mass is 32.2. The van der Waals surface area contributed by atoms with Crippen LogP contribution in [0, 0.1) is 0 Å². The highest BCUT2D eigenvalue weighted by molar-refractivity contribution is 7.91. The van der Waals surface area contributed by atoms with Gasteiger partial charge in [-0.3, -0.25) is 0 Å². The number of nitrogens with one attached hydrogen (secondary N) is 1. The zero-order valence-corrected chi connectivity index (χ0v) is 11.8. The van der Waals surface area contributed by atoms with Gasteiger partial charge >= 0.3 is 0 Å². The lowest BCUT2D eigenvalue weighted by molar-refractivity contribution is 0.0596. The molecule has 0 heterocycles. The average molecular weight is 263 g/mol. The van der Waals surface area contributed by atoms with E-state index in [0.717, 1.165) is 6.54 Å². The molecule has 5 heteroatoms. The third-order valence-electron chi connectivity index (χ3n) is 3.19. The molecule has 0 aliphatic heterocycles. The van der Waals surface area contributed by atoms with E-state index in [1.54, 1.807) is 6.92 Å². The summed E-state index contributed by atoms with van der Waals surface area (Å²) in [5.41, 5.74) is 0. The summed E-state index contributed by atoms with van der Waals surface area (Å²) in [7, 11) is -2.87. The molecule has 1 saturated carbocycles. The molecule has 1 rings (SSSR count). The molecule has 1 aliphatic carbocycles.